The molecule has 3 unspecified atom stereocenters. The molecule has 2 heterocycles. The molecule has 0 radical (unpaired) electrons. The number of hydrogen-bond acceptors (Lipinski definition) is 21. The van der Waals surface area contributed by atoms with Gasteiger partial charge in [-0.15, -0.1) is 23.5 Å². The number of ketones is 1. The van der Waals surface area contributed by atoms with Gasteiger partial charge < -0.3 is 68.8 Å². The topological polar surface area (TPSA) is 245 Å². The number of methoxy groups -OCH3 is 3. The van der Waals surface area contributed by atoms with Crippen LogP contribution in [0.25, 0.3) is 49.2 Å². The van der Waals surface area contributed by atoms with Gasteiger partial charge in [-0.2, -0.15) is 0 Å². The molecule has 0 spiro atoms. The summed E-state index contributed by atoms with van der Waals surface area (Å²) < 4.78 is 52.0. The first-order valence-electron chi connectivity index (χ1n) is 24.6. The summed E-state index contributed by atoms with van der Waals surface area (Å²) in [6, 6.07) is 7.75. The lowest BCUT2D eigenvalue weighted by Crippen LogP contribution is -2.37. The molecule has 75 heavy (non-hydrogen) atoms. The quantitative estimate of drug-likeness (QED) is 0.0205. The van der Waals surface area contributed by atoms with Crippen molar-refractivity contribution in [1.82, 2.24) is 0 Å². The van der Waals surface area contributed by atoms with Gasteiger partial charge >= 0.3 is 11.9 Å². The van der Waals surface area contributed by atoms with E-state index in [4.69, 9.17) is 52.8 Å². The van der Waals surface area contributed by atoms with Crippen molar-refractivity contribution < 1.29 is 67.2 Å². The van der Waals surface area contributed by atoms with Crippen LogP contribution in [0.3, 0.4) is 0 Å². The van der Waals surface area contributed by atoms with Gasteiger partial charge in [-0.25, -0.2) is 9.59 Å². The molecular weight excluding hydrogens is 1010 g/mol. The molecule has 0 saturated carbocycles. The summed E-state index contributed by atoms with van der Waals surface area (Å²) >= 11 is 2.60. The Morgan fingerprint density at radius 3 is 1.59 bits per heavy atom. The molecule has 0 amide bonds. The van der Waals surface area contributed by atoms with Crippen molar-refractivity contribution >= 4 is 107 Å². The zero-order valence-corrected chi connectivity index (χ0v) is 43.9. The van der Waals surface area contributed by atoms with Gasteiger partial charge in [-0.1, -0.05) is 42.0 Å². The Morgan fingerprint density at radius 1 is 0.613 bits per heavy atom. The van der Waals surface area contributed by atoms with Crippen LogP contribution in [0.5, 0.6) is 17.2 Å². The molecule has 2 aliphatic heterocycles. The summed E-state index contributed by atoms with van der Waals surface area (Å²) in [7, 11) is 4.42. The monoisotopic (exact) mass is 1070 g/mol. The van der Waals surface area contributed by atoms with Gasteiger partial charge in [0.2, 0.25) is 10.9 Å². The first-order valence-corrected chi connectivity index (χ1v) is 26.5. The Kier molecular flexibility index (Phi) is 17.0. The second kappa shape index (κ2) is 23.8. The number of ether oxygens (including phenoxy) is 9. The summed E-state index contributed by atoms with van der Waals surface area (Å²) in [6.45, 7) is 4.81. The number of nitrogens with one attached hydrogen (secondary N) is 3. The van der Waals surface area contributed by atoms with E-state index >= 15 is 9.59 Å². The Morgan fingerprint density at radius 2 is 1.09 bits per heavy atom. The molecule has 0 aromatic heterocycles. The number of rotatable bonds is 25. The Hall–Kier alpha value is -6.17. The number of esters is 2. The maximum atomic E-state index is 15.9. The van der Waals surface area contributed by atoms with Crippen LogP contribution in [0.1, 0.15) is 36.5 Å². The van der Waals surface area contributed by atoms with Gasteiger partial charge in [0.1, 0.15) is 42.6 Å². The molecule has 6 aromatic carbocycles. The van der Waals surface area contributed by atoms with Crippen LogP contribution in [0.15, 0.2) is 55.3 Å². The number of aliphatic hydroxyl groups excluding tert-OH is 2. The largest absolute Gasteiger partial charge is 0.495 e. The summed E-state index contributed by atoms with van der Waals surface area (Å²) in [5.41, 5.74) is 2.14. The molecule has 21 heteroatoms. The number of carbonyl (C=O) groups is 3. The third-order valence-corrected chi connectivity index (χ3v) is 15.7. The van der Waals surface area contributed by atoms with Crippen molar-refractivity contribution in [2.75, 3.05) is 128 Å². The van der Waals surface area contributed by atoms with Crippen LogP contribution < -0.4 is 41.0 Å². The van der Waals surface area contributed by atoms with Crippen LogP contribution in [0.4, 0.5) is 17.1 Å². The van der Waals surface area contributed by atoms with Gasteiger partial charge in [-0.05, 0) is 24.8 Å². The van der Waals surface area contributed by atoms with Crippen molar-refractivity contribution in [2.24, 2.45) is 0 Å². The lowest BCUT2D eigenvalue weighted by Gasteiger charge is -2.32. The highest BCUT2D eigenvalue weighted by Gasteiger charge is 2.42. The third-order valence-electron chi connectivity index (χ3n) is 13.4. The zero-order chi connectivity index (χ0) is 52.9. The number of benzene rings is 6. The minimum Gasteiger partial charge on any atom is -0.495 e. The van der Waals surface area contributed by atoms with E-state index in [0.717, 1.165) is 5.56 Å². The second-order valence-electron chi connectivity index (χ2n) is 17.9. The smallest absolute Gasteiger partial charge is 0.329 e. The zero-order valence-electron chi connectivity index (χ0n) is 42.2. The number of fused-ring (bicyclic) bond motifs is 5. The van der Waals surface area contributed by atoms with Crippen molar-refractivity contribution in [2.45, 2.75) is 48.2 Å². The molecular formula is C54H59N3O16S2. The minimum atomic E-state index is -1.01. The minimum absolute atomic E-state index is 0.0428. The predicted molar refractivity (Wildman–Crippen MR) is 288 cm³/mol. The molecule has 19 nitrogen and oxygen atoms in total. The highest BCUT2D eigenvalue weighted by molar-refractivity contribution is 8.00. The van der Waals surface area contributed by atoms with Crippen molar-refractivity contribution in [3.8, 4) is 17.2 Å². The SMILES string of the molecule is COc1c2c3c4c(c(NCc5ccccc5)c(=O)c5c6c(c(OC)c(c7c(OC)c8c(c(c1=O)c73)NC(C(=O)OCCOCCOCCO)CS8)c54)SCC(C(=O)OCCOCCOCCO)N6)C=C(C)C2C(C)=O. The van der Waals surface area contributed by atoms with Crippen LogP contribution in [-0.4, -0.2) is 152 Å². The number of Topliss-reactive ketones (excluding diaryl/α,β-unsaturated/α-hetero) is 1. The maximum Gasteiger partial charge on any atom is 0.329 e. The summed E-state index contributed by atoms with van der Waals surface area (Å²) in [4.78, 5) is 74.5. The molecule has 5 N–H and O–H groups in total. The van der Waals surface area contributed by atoms with Crippen LogP contribution in [0.2, 0.25) is 0 Å². The number of aliphatic hydroxyl groups is 2. The number of thioether (sulfide) groups is 2. The lowest BCUT2D eigenvalue weighted by molar-refractivity contribution is -0.146. The van der Waals surface area contributed by atoms with Gasteiger partial charge in [-0.3, -0.25) is 14.4 Å². The van der Waals surface area contributed by atoms with E-state index in [1.54, 1.807) is 6.92 Å². The fourth-order valence-corrected chi connectivity index (χ4v) is 12.7. The van der Waals surface area contributed by atoms with E-state index in [9.17, 15) is 14.4 Å². The second-order valence-corrected chi connectivity index (χ2v) is 19.9. The first-order chi connectivity index (χ1) is 36.5. The van der Waals surface area contributed by atoms with E-state index in [-0.39, 0.29) is 125 Å². The number of carbonyl (C=O) groups excluding carboxylic acids is 3. The maximum absolute atomic E-state index is 15.9. The summed E-state index contributed by atoms with van der Waals surface area (Å²) in [5.74, 6) is -1.47. The molecule has 398 valence electrons. The Balaban J connectivity index is 1.28. The van der Waals surface area contributed by atoms with Gasteiger partial charge in [0.15, 0.2) is 5.75 Å². The number of allylic oxidation sites excluding steroid dienone is 1. The lowest BCUT2D eigenvalue weighted by atomic mass is 9.80. The third kappa shape index (κ3) is 10.1. The molecule has 0 bridgehead atoms. The van der Waals surface area contributed by atoms with Gasteiger partial charge in [0.05, 0.1) is 131 Å². The molecule has 0 fully saturated rings. The van der Waals surface area contributed by atoms with E-state index in [2.05, 4.69) is 16.0 Å². The van der Waals surface area contributed by atoms with Crippen LogP contribution >= 0.6 is 23.5 Å². The molecule has 1 aliphatic carbocycles. The fourth-order valence-electron chi connectivity index (χ4n) is 10.3. The molecule has 6 aromatic rings. The summed E-state index contributed by atoms with van der Waals surface area (Å²) in [6.07, 6.45) is 1.83. The van der Waals surface area contributed by atoms with Crippen LogP contribution in [0, 0.1) is 0 Å². The van der Waals surface area contributed by atoms with Gasteiger partial charge in [0.25, 0.3) is 0 Å². The van der Waals surface area contributed by atoms with E-state index in [1.165, 1.54) is 51.8 Å². The predicted octanol–water partition coefficient (Wildman–Crippen LogP) is 5.53. The average Bonchev–Trinajstić information content (AvgIpc) is 3.57. The van der Waals surface area contributed by atoms with Crippen molar-refractivity contribution in [3.05, 3.63) is 73.0 Å². The normalized spacial score (nSPS) is 16.8. The summed E-state index contributed by atoms with van der Waals surface area (Å²) in [5, 5.41) is 31.3. The highest BCUT2D eigenvalue weighted by Crippen LogP contribution is 2.61. The first kappa shape index (κ1) is 53.6. The van der Waals surface area contributed by atoms with E-state index in [1.807, 2.05) is 36.4 Å². The van der Waals surface area contributed by atoms with E-state index < -0.39 is 40.8 Å². The Labute approximate surface area is 439 Å². The molecule has 3 aliphatic rings. The number of hydrogen-bond donors (Lipinski definition) is 5. The fraction of sp³-hybridized carbons (Fsp3) is 0.426. The highest BCUT2D eigenvalue weighted by atomic mass is 32.2. The van der Waals surface area contributed by atoms with Gasteiger partial charge in [0, 0.05) is 56.1 Å². The van der Waals surface area contributed by atoms with Crippen LogP contribution in [-0.2, 0) is 49.3 Å². The Bertz CT molecular complexity index is 3280. The van der Waals surface area contributed by atoms with Crippen molar-refractivity contribution in [3.63, 3.8) is 0 Å². The number of anilines is 3. The average molecular weight is 1070 g/mol. The molecule has 9 rings (SSSR count). The van der Waals surface area contributed by atoms with Crippen molar-refractivity contribution in [1.29, 1.82) is 0 Å². The standard InChI is InChI=1S/C54H59N3O16S2/c1-27-23-30-34-35-37-40(50(67-5)52-45(42(37)47(62)48(65-3)38(35)33(27)28(2)60)57-32(26-75-52)54(64)73-22-20-71-18-16-69-14-12-59)39-36(34)41(46(61)43(30)55-24-29-9-7-6-8-10-29)44-51(49(39)66-4)74-25-31(56-44)53(63)72-21-19-70-17-15-68-13-11-58/h6-10,23,31-33,55-59H,11-22,24-26H2,1-5H3. The van der Waals surface area contributed by atoms with E-state index in [0.29, 0.717) is 81.7 Å². The molecule has 3 atom stereocenters. The molecule has 0 saturated heterocycles.